The number of hydrogen-bond donors (Lipinski definition) is 0. The Kier molecular flexibility index (Phi) is 6.57. The Labute approximate surface area is 186 Å². The van der Waals surface area contributed by atoms with Crippen LogP contribution in [0.2, 0.25) is 0 Å². The van der Waals surface area contributed by atoms with Crippen molar-refractivity contribution >= 4 is 27.4 Å². The first kappa shape index (κ1) is 23.2. The molecule has 1 fully saturated rings. The van der Waals surface area contributed by atoms with E-state index in [9.17, 15) is 0 Å². The minimum absolute atomic E-state index is 0. The molecule has 0 saturated carbocycles. The number of rotatable bonds is 0. The molecule has 3 aliphatic rings. The monoisotopic (exact) mass is 594 g/mol. The molecule has 5 rings (SSSR count). The largest absolute Gasteiger partial charge is 1.00 e. The molecule has 2 aromatic carbocycles. The standard InChI is InChI=1S/C24H26P2.2FH.Hf/c1-15-7-8-16(2)22-12-19(11-21(15)22)25(5)26(6)20-13-23-17(3)9-10-18(4)24(23)14-20;;;/h7-14H,1-6H3;2*1H;/q;;;+2/p-2. The quantitative estimate of drug-likeness (QED) is 0.323. The van der Waals surface area contributed by atoms with E-state index in [1.54, 1.807) is 22.3 Å². The molecule has 0 amide bonds. The van der Waals surface area contributed by atoms with Gasteiger partial charge in [0, 0.05) is 0 Å². The predicted molar refractivity (Wildman–Crippen MR) is 119 cm³/mol. The second-order valence-corrected chi connectivity index (χ2v) is 20.3. The average molecular weight is 593 g/mol. The topological polar surface area (TPSA) is 0 Å². The van der Waals surface area contributed by atoms with E-state index >= 15 is 0 Å². The molecule has 0 aromatic heterocycles. The van der Waals surface area contributed by atoms with E-state index < -0.39 is 22.9 Å². The van der Waals surface area contributed by atoms with E-state index in [1.807, 2.05) is 10.6 Å². The number of aryl methyl sites for hydroxylation is 4. The van der Waals surface area contributed by atoms with Crippen LogP contribution in [0, 0.1) is 27.7 Å². The Morgan fingerprint density at radius 2 is 0.966 bits per heavy atom. The first-order valence-corrected chi connectivity index (χ1v) is 18.2. The van der Waals surface area contributed by atoms with Crippen molar-refractivity contribution in [2.75, 3.05) is 13.3 Å². The molecule has 0 N–H and O–H groups in total. The molecule has 4 atom stereocenters. The minimum Gasteiger partial charge on any atom is -1.00 e. The maximum Gasteiger partial charge on any atom is -1.00 e. The fourth-order valence-electron chi connectivity index (χ4n) is 5.03. The Morgan fingerprint density at radius 3 is 1.34 bits per heavy atom. The number of benzene rings is 2. The molecule has 2 aromatic rings. The Bertz CT molecular complexity index is 974. The Morgan fingerprint density at radius 1 is 0.621 bits per heavy atom. The Hall–Kier alpha value is -0.490. The summed E-state index contributed by atoms with van der Waals surface area (Å²) in [4.78, 5) is 0. The molecule has 0 spiro atoms. The third-order valence-electron chi connectivity index (χ3n) is 6.73. The molecule has 5 heteroatoms. The second kappa shape index (κ2) is 8.22. The first-order valence-electron chi connectivity index (χ1n) is 9.75. The summed E-state index contributed by atoms with van der Waals surface area (Å²) in [6.45, 7) is 14.5. The van der Waals surface area contributed by atoms with Crippen molar-refractivity contribution in [1.29, 1.82) is 0 Å². The van der Waals surface area contributed by atoms with Crippen LogP contribution in [0.25, 0.3) is 12.2 Å². The van der Waals surface area contributed by atoms with E-state index in [4.69, 9.17) is 0 Å². The van der Waals surface area contributed by atoms with Gasteiger partial charge in [-0.1, -0.05) is 0 Å². The number of fused-ring (bicyclic) bond motifs is 6. The molecule has 1 aliphatic heterocycles. The fraction of sp³-hybridized carbons (Fsp3) is 0.333. The van der Waals surface area contributed by atoms with Crippen molar-refractivity contribution in [1.82, 2.24) is 0 Å². The average Bonchev–Trinajstić information content (AvgIpc) is 3.19. The summed E-state index contributed by atoms with van der Waals surface area (Å²) in [5.41, 5.74) is 12.7. The summed E-state index contributed by atoms with van der Waals surface area (Å²) < 4.78 is 1.64. The van der Waals surface area contributed by atoms with Gasteiger partial charge < -0.3 is 9.41 Å². The minimum atomic E-state index is -0.967. The summed E-state index contributed by atoms with van der Waals surface area (Å²) in [5.74, 6) is 0. The molecule has 0 radical (unpaired) electrons. The van der Waals surface area contributed by atoms with Crippen molar-refractivity contribution in [2.24, 2.45) is 0 Å². The van der Waals surface area contributed by atoms with E-state index in [-0.39, 0.29) is 24.6 Å². The van der Waals surface area contributed by atoms with E-state index in [0.717, 1.165) is 7.35 Å². The van der Waals surface area contributed by atoms with Crippen molar-refractivity contribution in [3.8, 4) is 0 Å². The molecule has 29 heavy (non-hydrogen) atoms. The van der Waals surface area contributed by atoms with Gasteiger partial charge in [0.1, 0.15) is 0 Å². The summed E-state index contributed by atoms with van der Waals surface area (Å²) in [6, 6.07) is 9.42. The van der Waals surface area contributed by atoms with Gasteiger partial charge in [-0.05, 0) is 0 Å². The molecular formula is C24H26F2HfP2. The molecule has 0 bridgehead atoms. The van der Waals surface area contributed by atoms with Crippen molar-refractivity contribution in [3.63, 3.8) is 0 Å². The van der Waals surface area contributed by atoms with Gasteiger partial charge in [-0.3, -0.25) is 0 Å². The van der Waals surface area contributed by atoms with Gasteiger partial charge >= 0.3 is 178 Å². The smallest absolute Gasteiger partial charge is 1.00 e. The number of hydrogen-bond acceptors (Lipinski definition) is 0. The van der Waals surface area contributed by atoms with E-state index in [2.05, 4.69) is 77.4 Å². The molecule has 150 valence electrons. The fourth-order valence-corrected chi connectivity index (χ4v) is 25.2. The molecule has 0 nitrogen and oxygen atoms in total. The van der Waals surface area contributed by atoms with Crippen molar-refractivity contribution in [3.05, 3.63) is 79.4 Å². The Balaban J connectivity index is 0.00000120. The van der Waals surface area contributed by atoms with Crippen LogP contribution in [0.1, 0.15) is 51.9 Å². The molecule has 4 unspecified atom stereocenters. The maximum absolute atomic E-state index is 2.64. The van der Waals surface area contributed by atoms with Crippen LogP contribution >= 0.6 is 15.2 Å². The zero-order valence-corrected chi connectivity index (χ0v) is 23.2. The molecule has 2 aliphatic carbocycles. The summed E-state index contributed by atoms with van der Waals surface area (Å²) in [5, 5.41) is 3.72. The summed E-state index contributed by atoms with van der Waals surface area (Å²) >= 11 is -0.967. The summed E-state index contributed by atoms with van der Waals surface area (Å²) in [7, 11) is -0.0767. The van der Waals surface area contributed by atoms with Gasteiger partial charge in [0.2, 0.25) is 0 Å². The second-order valence-electron chi connectivity index (χ2n) is 8.27. The number of allylic oxidation sites excluding steroid dienone is 2. The van der Waals surface area contributed by atoms with Gasteiger partial charge in [0.15, 0.2) is 0 Å². The number of halogens is 2. The van der Waals surface area contributed by atoms with Gasteiger partial charge in [0.25, 0.3) is 0 Å². The van der Waals surface area contributed by atoms with Crippen LogP contribution in [0.15, 0.2) is 34.9 Å². The van der Waals surface area contributed by atoms with E-state index in [0.29, 0.717) is 0 Å². The van der Waals surface area contributed by atoms with Crippen LogP contribution in [-0.2, 0) is 22.9 Å². The maximum atomic E-state index is 2.64. The zero-order chi connectivity index (χ0) is 19.0. The third-order valence-corrected chi connectivity index (χ3v) is 22.4. The van der Waals surface area contributed by atoms with Crippen molar-refractivity contribution in [2.45, 2.75) is 35.0 Å². The molecule has 1 heterocycles. The van der Waals surface area contributed by atoms with Gasteiger partial charge in [0.05, 0.1) is 0 Å². The molecule has 1 saturated heterocycles. The van der Waals surface area contributed by atoms with E-state index in [1.165, 1.54) is 22.3 Å². The van der Waals surface area contributed by atoms with Crippen molar-refractivity contribution < 1.29 is 32.3 Å². The van der Waals surface area contributed by atoms with Crippen LogP contribution in [-0.4, -0.2) is 13.3 Å². The van der Waals surface area contributed by atoms with Gasteiger partial charge in [-0.15, -0.1) is 0 Å². The normalized spacial score (nSPS) is 25.4. The van der Waals surface area contributed by atoms with Crippen LogP contribution in [0.4, 0.5) is 0 Å². The zero-order valence-electron chi connectivity index (χ0n) is 17.8. The molecular weight excluding hydrogens is 567 g/mol. The summed E-state index contributed by atoms with van der Waals surface area (Å²) in [6.07, 6.45) is 5.29. The third kappa shape index (κ3) is 3.31. The predicted octanol–water partition coefficient (Wildman–Crippen LogP) is 1.65. The first-order chi connectivity index (χ1) is 12.9. The van der Waals surface area contributed by atoms with Crippen LogP contribution < -0.4 is 9.41 Å². The van der Waals surface area contributed by atoms with Gasteiger partial charge in [-0.2, -0.15) is 0 Å². The van der Waals surface area contributed by atoms with Crippen LogP contribution in [0.3, 0.4) is 0 Å². The van der Waals surface area contributed by atoms with Gasteiger partial charge in [-0.25, -0.2) is 0 Å². The van der Waals surface area contributed by atoms with Crippen LogP contribution in [0.5, 0.6) is 0 Å². The SMILES string of the molecule is Cc1ccc(C)c2c1C=C1[CH]2[Hf+2][CH]2C(=Cc3c(C)ccc(C)c32)P(C)P1C.[F-].[F-].